The molecule has 136 valence electrons. The molecule has 0 saturated heterocycles. The van der Waals surface area contributed by atoms with Crippen molar-refractivity contribution >= 4 is 28.5 Å². The number of nitrogens with zero attached hydrogens (tertiary/aromatic N) is 1. The van der Waals surface area contributed by atoms with Crippen LogP contribution in [-0.2, 0) is 23.8 Å². The molecule has 0 radical (unpaired) electrons. The second-order valence-corrected chi connectivity index (χ2v) is 5.79. The van der Waals surface area contributed by atoms with Crippen LogP contribution in [0.1, 0.15) is 20.8 Å². The van der Waals surface area contributed by atoms with Crippen LogP contribution in [-0.4, -0.2) is 29.4 Å². The first-order valence-electron chi connectivity index (χ1n) is 8.10. The molecule has 1 aliphatic heterocycles. The molecule has 6 nitrogen and oxygen atoms in total. The van der Waals surface area contributed by atoms with Crippen LogP contribution >= 0.6 is 0 Å². The minimum absolute atomic E-state index is 0.0851. The first kappa shape index (κ1) is 17.7. The van der Waals surface area contributed by atoms with Gasteiger partial charge in [-0.2, -0.15) is 0 Å². The van der Waals surface area contributed by atoms with E-state index in [0.29, 0.717) is 22.0 Å². The summed E-state index contributed by atoms with van der Waals surface area (Å²) < 4.78 is 30.7. The molecule has 2 heterocycles. The maximum atomic E-state index is 13.4. The van der Waals surface area contributed by atoms with Gasteiger partial charge in [-0.05, 0) is 45.0 Å². The molecule has 0 fully saturated rings. The molecular weight excluding hydrogens is 341 g/mol. The van der Waals surface area contributed by atoms with Crippen molar-refractivity contribution in [3.05, 3.63) is 53.7 Å². The van der Waals surface area contributed by atoms with Crippen LogP contribution in [0.25, 0.3) is 16.6 Å². The summed E-state index contributed by atoms with van der Waals surface area (Å²) in [5.74, 6) is -1.44. The third-order valence-electron chi connectivity index (χ3n) is 4.16. The van der Waals surface area contributed by atoms with Crippen LogP contribution in [0.2, 0.25) is 0 Å². The van der Waals surface area contributed by atoms with E-state index in [0.717, 1.165) is 0 Å². The Morgan fingerprint density at radius 3 is 2.77 bits per heavy atom. The largest absolute Gasteiger partial charge is 0.461 e. The zero-order valence-electron chi connectivity index (χ0n) is 14.6. The number of ether oxygens (including phenoxy) is 3. The van der Waals surface area contributed by atoms with Crippen molar-refractivity contribution < 1.29 is 28.2 Å². The van der Waals surface area contributed by atoms with Gasteiger partial charge in [0.2, 0.25) is 0 Å². The zero-order valence-corrected chi connectivity index (χ0v) is 14.6. The summed E-state index contributed by atoms with van der Waals surface area (Å²) in [6.07, 6.45) is 1.91. The maximum absolute atomic E-state index is 13.4. The molecule has 1 atom stereocenters. The Labute approximate surface area is 149 Å². The van der Waals surface area contributed by atoms with Gasteiger partial charge in [0, 0.05) is 22.7 Å². The molecule has 26 heavy (non-hydrogen) atoms. The van der Waals surface area contributed by atoms with Gasteiger partial charge in [0.1, 0.15) is 12.1 Å². The smallest absolute Gasteiger partial charge is 0.358 e. The maximum Gasteiger partial charge on any atom is 0.358 e. The Kier molecular flexibility index (Phi) is 4.79. The van der Waals surface area contributed by atoms with Gasteiger partial charge in [0.25, 0.3) is 6.29 Å². The molecule has 0 bridgehead atoms. The summed E-state index contributed by atoms with van der Waals surface area (Å²) in [6.45, 7) is 5.23. The van der Waals surface area contributed by atoms with Gasteiger partial charge in [-0.25, -0.2) is 14.0 Å². The minimum atomic E-state index is -0.897. The fourth-order valence-corrected chi connectivity index (χ4v) is 2.60. The average molecular weight is 359 g/mol. The van der Waals surface area contributed by atoms with Gasteiger partial charge < -0.3 is 18.8 Å². The Morgan fingerprint density at radius 1 is 1.35 bits per heavy atom. The lowest BCUT2D eigenvalue weighted by atomic mass is 10.2. The molecule has 1 unspecified atom stereocenters. The van der Waals surface area contributed by atoms with Crippen LogP contribution in [0.15, 0.2) is 47.9 Å². The summed E-state index contributed by atoms with van der Waals surface area (Å²) in [5.41, 5.74) is 1.81. The summed E-state index contributed by atoms with van der Waals surface area (Å²) >= 11 is 0. The number of aromatic nitrogens is 1. The number of hydrogen-bond acceptors (Lipinski definition) is 5. The zero-order chi connectivity index (χ0) is 18.8. The van der Waals surface area contributed by atoms with Crippen LogP contribution in [0.4, 0.5) is 4.39 Å². The van der Waals surface area contributed by atoms with Crippen molar-refractivity contribution in [1.82, 2.24) is 4.57 Å². The van der Waals surface area contributed by atoms with E-state index in [9.17, 15) is 14.0 Å². The van der Waals surface area contributed by atoms with E-state index in [2.05, 4.69) is 0 Å². The second-order valence-electron chi connectivity index (χ2n) is 5.79. The normalized spacial score (nSPS) is 17.6. The highest BCUT2D eigenvalue weighted by Crippen LogP contribution is 2.25. The third kappa shape index (κ3) is 3.20. The van der Waals surface area contributed by atoms with Crippen LogP contribution in [0.3, 0.4) is 0 Å². The lowest BCUT2D eigenvalue weighted by Crippen LogP contribution is -2.16. The summed E-state index contributed by atoms with van der Waals surface area (Å²) in [7, 11) is 0. The fourth-order valence-electron chi connectivity index (χ4n) is 2.60. The fraction of sp³-hybridized carbons (Fsp3) is 0.263. The van der Waals surface area contributed by atoms with E-state index >= 15 is 0 Å². The van der Waals surface area contributed by atoms with Crippen molar-refractivity contribution in [1.29, 1.82) is 0 Å². The Bertz CT molecular complexity index is 941. The number of rotatable bonds is 5. The number of carbonyl (C=O) groups is 2. The van der Waals surface area contributed by atoms with Gasteiger partial charge in [-0.3, -0.25) is 0 Å². The van der Waals surface area contributed by atoms with Crippen molar-refractivity contribution in [2.24, 2.45) is 0 Å². The summed E-state index contributed by atoms with van der Waals surface area (Å²) in [4.78, 5) is 24.0. The Hall–Kier alpha value is -3.09. The first-order valence-corrected chi connectivity index (χ1v) is 8.10. The van der Waals surface area contributed by atoms with Crippen molar-refractivity contribution in [3.63, 3.8) is 0 Å². The van der Waals surface area contributed by atoms with E-state index < -0.39 is 18.2 Å². The Balaban J connectivity index is 1.97. The number of benzene rings is 1. The lowest BCUT2D eigenvalue weighted by molar-refractivity contribution is -0.152. The topological polar surface area (TPSA) is 66.8 Å². The monoisotopic (exact) mass is 359 g/mol. The summed E-state index contributed by atoms with van der Waals surface area (Å²) in [6, 6.07) is 5.90. The summed E-state index contributed by atoms with van der Waals surface area (Å²) in [5, 5.41) is 0.624. The van der Waals surface area contributed by atoms with Gasteiger partial charge in [0.05, 0.1) is 12.1 Å². The number of carbonyl (C=O) groups excluding carboxylic acids is 2. The first-order chi connectivity index (χ1) is 12.4. The Morgan fingerprint density at radius 2 is 2.12 bits per heavy atom. The lowest BCUT2D eigenvalue weighted by Gasteiger charge is -2.14. The van der Waals surface area contributed by atoms with Crippen LogP contribution in [0.5, 0.6) is 0 Å². The molecule has 1 aromatic carbocycles. The van der Waals surface area contributed by atoms with Crippen molar-refractivity contribution in [2.45, 2.75) is 27.1 Å². The minimum Gasteiger partial charge on any atom is -0.461 e. The highest BCUT2D eigenvalue weighted by Gasteiger charge is 2.29. The van der Waals surface area contributed by atoms with E-state index in [1.165, 1.54) is 23.0 Å². The SMILES string of the molecule is CCOC(=O)/C(=C/OC1OC(=O)C(C)=C1C)n1ccc2cc(F)ccc21. The van der Waals surface area contributed by atoms with Gasteiger partial charge in [0.15, 0.2) is 5.70 Å². The average Bonchev–Trinajstić information content (AvgIpc) is 3.12. The second kappa shape index (κ2) is 7.03. The molecule has 1 aromatic heterocycles. The molecule has 0 amide bonds. The van der Waals surface area contributed by atoms with E-state index in [4.69, 9.17) is 14.2 Å². The molecule has 7 heteroatoms. The van der Waals surface area contributed by atoms with E-state index in [1.807, 2.05) is 0 Å². The predicted molar refractivity (Wildman–Crippen MR) is 92.1 cm³/mol. The number of halogens is 1. The standard InChI is InChI=1S/C19H18FNO5/c1-4-24-18(23)16(10-25-19-12(3)11(2)17(22)26-19)21-8-7-13-9-14(20)5-6-15(13)21/h5-10,19H,4H2,1-3H3/b16-10-. The molecule has 3 rings (SSSR count). The number of fused-ring (bicyclic) bond motifs is 1. The molecule has 0 saturated carbocycles. The molecule has 2 aromatic rings. The van der Waals surface area contributed by atoms with Crippen LogP contribution in [0, 0.1) is 5.82 Å². The van der Waals surface area contributed by atoms with Crippen molar-refractivity contribution in [3.8, 4) is 0 Å². The van der Waals surface area contributed by atoms with Gasteiger partial charge in [-0.1, -0.05) is 0 Å². The van der Waals surface area contributed by atoms with Crippen molar-refractivity contribution in [2.75, 3.05) is 6.61 Å². The third-order valence-corrected chi connectivity index (χ3v) is 4.16. The van der Waals surface area contributed by atoms with Gasteiger partial charge in [-0.15, -0.1) is 0 Å². The quantitative estimate of drug-likeness (QED) is 0.465. The highest BCUT2D eigenvalue weighted by atomic mass is 19.1. The van der Waals surface area contributed by atoms with Gasteiger partial charge >= 0.3 is 11.9 Å². The molecular formula is C19H18FNO5. The molecule has 1 aliphatic rings. The molecule has 0 N–H and O–H groups in total. The highest BCUT2D eigenvalue weighted by molar-refractivity contribution is 6.11. The number of hydrogen-bond donors (Lipinski definition) is 0. The predicted octanol–water partition coefficient (Wildman–Crippen LogP) is 3.38. The molecule has 0 spiro atoms. The molecule has 0 aliphatic carbocycles. The van der Waals surface area contributed by atoms with E-state index in [-0.39, 0.29) is 18.1 Å². The number of cyclic esters (lactones) is 1. The van der Waals surface area contributed by atoms with Crippen LogP contribution < -0.4 is 0 Å². The van der Waals surface area contributed by atoms with E-state index in [1.54, 1.807) is 39.1 Å². The number of esters is 2.